The van der Waals surface area contributed by atoms with Crippen LogP contribution < -0.4 is 5.32 Å². The van der Waals surface area contributed by atoms with Gasteiger partial charge in [-0.15, -0.1) is 21.5 Å². The zero-order valence-corrected chi connectivity index (χ0v) is 21.4. The first-order chi connectivity index (χ1) is 17.0. The lowest BCUT2D eigenvalue weighted by atomic mass is 10.1. The summed E-state index contributed by atoms with van der Waals surface area (Å²) in [4.78, 5) is 26.7. The molecule has 1 aliphatic carbocycles. The third kappa shape index (κ3) is 5.03. The Balaban J connectivity index is 1.32. The summed E-state index contributed by atoms with van der Waals surface area (Å²) in [6.07, 6.45) is 6.53. The zero-order valence-electron chi connectivity index (χ0n) is 19.8. The molecule has 0 aromatic carbocycles. The molecule has 2 aliphatic rings. The Bertz CT molecular complexity index is 1220. The van der Waals surface area contributed by atoms with Crippen molar-refractivity contribution in [3.63, 3.8) is 0 Å². The molecular formula is C24H28N4O5S2. The van der Waals surface area contributed by atoms with Crippen molar-refractivity contribution in [1.82, 2.24) is 14.8 Å². The Hall–Kier alpha value is -2.63. The Morgan fingerprint density at radius 2 is 2.20 bits per heavy atom. The van der Waals surface area contributed by atoms with Crippen LogP contribution in [0.1, 0.15) is 52.7 Å². The van der Waals surface area contributed by atoms with Crippen LogP contribution in [-0.4, -0.2) is 51.7 Å². The number of furan rings is 1. The van der Waals surface area contributed by atoms with E-state index < -0.39 is 0 Å². The molecule has 3 aromatic heterocycles. The number of esters is 1. The predicted octanol–water partition coefficient (Wildman–Crippen LogP) is 4.48. The topological polar surface area (TPSA) is 108 Å². The number of carbonyl (C=O) groups excluding carboxylic acids is 2. The van der Waals surface area contributed by atoms with Gasteiger partial charge in [0.15, 0.2) is 11.0 Å². The van der Waals surface area contributed by atoms with Crippen molar-refractivity contribution in [2.75, 3.05) is 24.3 Å². The predicted molar refractivity (Wildman–Crippen MR) is 133 cm³/mol. The maximum absolute atomic E-state index is 12.9. The van der Waals surface area contributed by atoms with E-state index in [1.807, 2.05) is 17.6 Å². The smallest absolute Gasteiger partial charge is 0.341 e. The average Bonchev–Trinajstić information content (AvgIpc) is 3.63. The van der Waals surface area contributed by atoms with Crippen LogP contribution in [0.3, 0.4) is 0 Å². The number of rotatable bonds is 9. The first-order valence-corrected chi connectivity index (χ1v) is 13.7. The lowest BCUT2D eigenvalue weighted by Crippen LogP contribution is -2.19. The van der Waals surface area contributed by atoms with Gasteiger partial charge in [-0.25, -0.2) is 4.79 Å². The molecule has 1 atom stereocenters. The molecule has 1 unspecified atom stereocenters. The number of aromatic nitrogens is 3. The van der Waals surface area contributed by atoms with E-state index in [-0.39, 0.29) is 23.7 Å². The minimum atomic E-state index is -0.369. The molecule has 35 heavy (non-hydrogen) atoms. The molecule has 186 valence electrons. The highest BCUT2D eigenvalue weighted by atomic mass is 32.2. The number of nitrogens with one attached hydrogen (secondary N) is 1. The molecule has 1 N–H and O–H groups in total. The summed E-state index contributed by atoms with van der Waals surface area (Å²) in [5.41, 5.74) is 2.41. The fourth-order valence-corrected chi connectivity index (χ4v) is 6.61. The summed E-state index contributed by atoms with van der Waals surface area (Å²) in [5, 5.41) is 12.9. The van der Waals surface area contributed by atoms with Crippen molar-refractivity contribution in [2.45, 2.75) is 63.8 Å². The third-order valence-corrected chi connectivity index (χ3v) is 8.39. The van der Waals surface area contributed by atoms with E-state index in [1.54, 1.807) is 13.2 Å². The number of thioether (sulfide) groups is 1. The minimum Gasteiger partial charge on any atom is -0.469 e. The summed E-state index contributed by atoms with van der Waals surface area (Å²) in [7, 11) is 0. The minimum absolute atomic E-state index is 0.0887. The average molecular weight is 517 g/mol. The largest absolute Gasteiger partial charge is 0.469 e. The second-order valence-corrected chi connectivity index (χ2v) is 10.6. The lowest BCUT2D eigenvalue weighted by Gasteiger charge is -2.14. The van der Waals surface area contributed by atoms with E-state index in [9.17, 15) is 9.59 Å². The summed E-state index contributed by atoms with van der Waals surface area (Å²) in [6, 6.07) is 1.87. The zero-order chi connectivity index (χ0) is 24.4. The van der Waals surface area contributed by atoms with E-state index in [1.165, 1.54) is 23.1 Å². The molecule has 1 aliphatic heterocycles. The molecule has 9 nitrogen and oxygen atoms in total. The first-order valence-electron chi connectivity index (χ1n) is 11.9. The monoisotopic (exact) mass is 516 g/mol. The Morgan fingerprint density at radius 1 is 1.31 bits per heavy atom. The maximum atomic E-state index is 12.9. The van der Waals surface area contributed by atoms with Crippen molar-refractivity contribution in [1.29, 1.82) is 0 Å². The number of amides is 1. The number of nitrogens with zero attached hydrogens (tertiary/aromatic N) is 3. The van der Waals surface area contributed by atoms with Crippen LogP contribution in [0.5, 0.6) is 0 Å². The normalized spacial score (nSPS) is 17.0. The Labute approximate surface area is 211 Å². The molecule has 0 radical (unpaired) electrons. The van der Waals surface area contributed by atoms with Crippen LogP contribution in [0, 0.1) is 6.92 Å². The van der Waals surface area contributed by atoms with E-state index in [0.29, 0.717) is 34.7 Å². The summed E-state index contributed by atoms with van der Waals surface area (Å²) < 4.78 is 18.6. The molecular weight excluding hydrogens is 488 g/mol. The van der Waals surface area contributed by atoms with Crippen LogP contribution in [0.2, 0.25) is 0 Å². The van der Waals surface area contributed by atoms with Gasteiger partial charge < -0.3 is 19.2 Å². The van der Waals surface area contributed by atoms with Gasteiger partial charge in [-0.05, 0) is 57.6 Å². The molecule has 1 saturated heterocycles. The van der Waals surface area contributed by atoms with E-state index >= 15 is 0 Å². The van der Waals surface area contributed by atoms with Gasteiger partial charge in [-0.1, -0.05) is 11.8 Å². The molecule has 5 rings (SSSR count). The number of hydrogen-bond acceptors (Lipinski definition) is 9. The number of ether oxygens (including phenoxy) is 2. The van der Waals surface area contributed by atoms with Crippen LogP contribution in [0.15, 0.2) is 21.9 Å². The van der Waals surface area contributed by atoms with Gasteiger partial charge in [0.1, 0.15) is 10.8 Å². The van der Waals surface area contributed by atoms with Crippen LogP contribution in [0.25, 0.3) is 11.4 Å². The highest BCUT2D eigenvalue weighted by Gasteiger charge is 2.29. The van der Waals surface area contributed by atoms with Crippen molar-refractivity contribution < 1.29 is 23.5 Å². The maximum Gasteiger partial charge on any atom is 0.341 e. The second kappa shape index (κ2) is 10.5. The number of fused-ring (bicyclic) bond motifs is 1. The van der Waals surface area contributed by atoms with Crippen LogP contribution >= 0.6 is 23.1 Å². The number of anilines is 1. The Morgan fingerprint density at radius 3 is 2.94 bits per heavy atom. The van der Waals surface area contributed by atoms with Crippen molar-refractivity contribution in [3.8, 4) is 11.4 Å². The molecule has 1 amide bonds. The van der Waals surface area contributed by atoms with E-state index in [0.717, 1.165) is 60.5 Å². The SMILES string of the molecule is CCOC(=O)c1c(NC(=O)CSc2nnc(-c3ccoc3C)n2CC2CCCO2)sc2c1CCC2. The van der Waals surface area contributed by atoms with Crippen LogP contribution in [0.4, 0.5) is 5.00 Å². The number of carbonyl (C=O) groups is 2. The quantitative estimate of drug-likeness (QED) is 0.328. The molecule has 11 heteroatoms. The molecule has 3 aromatic rings. The fraction of sp³-hybridized carbons (Fsp3) is 0.500. The number of hydrogen-bond donors (Lipinski definition) is 1. The van der Waals surface area contributed by atoms with Crippen LogP contribution in [-0.2, 0) is 33.7 Å². The third-order valence-electron chi connectivity index (χ3n) is 6.21. The van der Waals surface area contributed by atoms with Gasteiger partial charge in [-0.2, -0.15) is 0 Å². The van der Waals surface area contributed by atoms with Gasteiger partial charge in [0, 0.05) is 11.5 Å². The van der Waals surface area contributed by atoms with Gasteiger partial charge in [-0.3, -0.25) is 9.36 Å². The summed E-state index contributed by atoms with van der Waals surface area (Å²) in [6.45, 7) is 5.34. The van der Waals surface area contributed by atoms with Crippen molar-refractivity contribution in [3.05, 3.63) is 34.1 Å². The first kappa shape index (κ1) is 24.1. The number of aryl methyl sites for hydroxylation is 2. The molecule has 0 bridgehead atoms. The molecule has 4 heterocycles. The summed E-state index contributed by atoms with van der Waals surface area (Å²) >= 11 is 2.80. The lowest BCUT2D eigenvalue weighted by molar-refractivity contribution is -0.113. The standard InChI is InChI=1S/C24H28N4O5S2/c1-3-31-23(30)20-17-7-4-8-18(17)35-22(20)25-19(29)13-34-24-27-26-21(16-9-11-32-14(16)2)28(24)12-15-6-5-10-33-15/h9,11,15H,3-8,10,12-13H2,1-2H3,(H,25,29). The van der Waals surface area contributed by atoms with Crippen molar-refractivity contribution >= 4 is 40.0 Å². The molecule has 0 saturated carbocycles. The van der Waals surface area contributed by atoms with E-state index in [2.05, 4.69) is 15.5 Å². The van der Waals surface area contributed by atoms with E-state index in [4.69, 9.17) is 13.9 Å². The number of thiophene rings is 1. The van der Waals surface area contributed by atoms with Gasteiger partial charge in [0.05, 0.1) is 42.4 Å². The summed E-state index contributed by atoms with van der Waals surface area (Å²) in [5.74, 6) is 1.03. The highest BCUT2D eigenvalue weighted by molar-refractivity contribution is 7.99. The Kier molecular flexibility index (Phi) is 7.26. The fourth-order valence-electron chi connectivity index (χ4n) is 4.57. The van der Waals surface area contributed by atoms with Gasteiger partial charge in [0.2, 0.25) is 5.91 Å². The van der Waals surface area contributed by atoms with Gasteiger partial charge >= 0.3 is 5.97 Å². The highest BCUT2D eigenvalue weighted by Crippen LogP contribution is 2.39. The van der Waals surface area contributed by atoms with Gasteiger partial charge in [0.25, 0.3) is 0 Å². The second-order valence-electron chi connectivity index (χ2n) is 8.56. The van der Waals surface area contributed by atoms with Crippen molar-refractivity contribution in [2.24, 2.45) is 0 Å². The molecule has 0 spiro atoms. The molecule has 1 fully saturated rings.